The molecule has 3 aromatic rings. The number of carbonyl (C=O) groups excluding carboxylic acids is 1. The number of rotatable bonds is 7. The summed E-state index contributed by atoms with van der Waals surface area (Å²) in [7, 11) is 3.30. The number of nitrogens with one attached hydrogen (secondary N) is 1. The largest absolute Gasteiger partial charge is 0.493 e. The van der Waals surface area contributed by atoms with Crippen LogP contribution in [0, 0.1) is 0 Å². The van der Waals surface area contributed by atoms with E-state index in [9.17, 15) is 4.79 Å². The van der Waals surface area contributed by atoms with Crippen molar-refractivity contribution in [2.45, 2.75) is 32.0 Å². The molecular formula is C27H30N2O3. The van der Waals surface area contributed by atoms with Crippen molar-refractivity contribution in [1.29, 1.82) is 0 Å². The average molecular weight is 431 g/mol. The molecule has 4 rings (SSSR count). The van der Waals surface area contributed by atoms with Gasteiger partial charge in [0.2, 0.25) is 5.91 Å². The van der Waals surface area contributed by atoms with E-state index in [4.69, 9.17) is 9.47 Å². The van der Waals surface area contributed by atoms with Gasteiger partial charge in [0.25, 0.3) is 0 Å². The molecule has 1 heterocycles. The first-order valence-corrected chi connectivity index (χ1v) is 11.0. The molecule has 0 radical (unpaired) electrons. The van der Waals surface area contributed by atoms with Gasteiger partial charge in [0, 0.05) is 13.1 Å². The first-order valence-electron chi connectivity index (χ1n) is 11.0. The van der Waals surface area contributed by atoms with Crippen LogP contribution in [0.3, 0.4) is 0 Å². The normalized spacial score (nSPS) is 14.5. The van der Waals surface area contributed by atoms with Gasteiger partial charge >= 0.3 is 0 Å². The third-order valence-electron chi connectivity index (χ3n) is 6.23. The van der Waals surface area contributed by atoms with Crippen LogP contribution in [0.2, 0.25) is 0 Å². The molecule has 0 saturated heterocycles. The molecular weight excluding hydrogens is 400 g/mol. The number of amides is 1. The molecule has 0 aliphatic carbocycles. The van der Waals surface area contributed by atoms with Crippen molar-refractivity contribution in [1.82, 2.24) is 10.2 Å². The summed E-state index contributed by atoms with van der Waals surface area (Å²) < 4.78 is 10.9. The Morgan fingerprint density at radius 3 is 1.94 bits per heavy atom. The lowest BCUT2D eigenvalue weighted by molar-refractivity contribution is -0.126. The van der Waals surface area contributed by atoms with Crippen molar-refractivity contribution in [2.75, 3.05) is 20.8 Å². The lowest BCUT2D eigenvalue weighted by atomic mass is 9.96. The molecule has 1 amide bonds. The first-order chi connectivity index (χ1) is 15.6. The summed E-state index contributed by atoms with van der Waals surface area (Å²) in [4.78, 5) is 15.6. The van der Waals surface area contributed by atoms with Crippen LogP contribution in [0.5, 0.6) is 11.5 Å². The van der Waals surface area contributed by atoms with Gasteiger partial charge in [-0.15, -0.1) is 0 Å². The van der Waals surface area contributed by atoms with E-state index >= 15 is 0 Å². The highest BCUT2D eigenvalue weighted by atomic mass is 16.5. The number of hydrogen-bond acceptors (Lipinski definition) is 4. The molecule has 32 heavy (non-hydrogen) atoms. The molecule has 1 aliphatic rings. The zero-order chi connectivity index (χ0) is 22.5. The number of benzene rings is 3. The molecule has 3 aromatic carbocycles. The monoisotopic (exact) mass is 430 g/mol. The summed E-state index contributed by atoms with van der Waals surface area (Å²) in [5, 5.41) is 3.29. The lowest BCUT2D eigenvalue weighted by Crippen LogP contribution is -2.48. The van der Waals surface area contributed by atoms with E-state index in [-0.39, 0.29) is 18.0 Å². The maximum atomic E-state index is 13.3. The van der Waals surface area contributed by atoms with Crippen LogP contribution in [0.4, 0.5) is 0 Å². The van der Waals surface area contributed by atoms with Crippen LogP contribution in [0.25, 0.3) is 0 Å². The molecule has 0 spiro atoms. The van der Waals surface area contributed by atoms with Gasteiger partial charge in [0.1, 0.15) is 0 Å². The van der Waals surface area contributed by atoms with Gasteiger partial charge in [-0.25, -0.2) is 0 Å². The van der Waals surface area contributed by atoms with Gasteiger partial charge in [-0.1, -0.05) is 60.7 Å². The van der Waals surface area contributed by atoms with E-state index in [1.165, 1.54) is 11.1 Å². The highest BCUT2D eigenvalue weighted by molar-refractivity contribution is 5.82. The molecule has 0 aromatic heterocycles. The van der Waals surface area contributed by atoms with Crippen molar-refractivity contribution in [3.05, 3.63) is 95.1 Å². The Hall–Kier alpha value is -3.31. The van der Waals surface area contributed by atoms with Crippen LogP contribution in [0.15, 0.2) is 72.8 Å². The molecule has 0 fully saturated rings. The highest BCUT2D eigenvalue weighted by Gasteiger charge is 2.28. The second-order valence-electron chi connectivity index (χ2n) is 8.14. The summed E-state index contributed by atoms with van der Waals surface area (Å²) in [5.74, 6) is 1.49. The number of hydrogen-bond donors (Lipinski definition) is 1. The van der Waals surface area contributed by atoms with E-state index in [1.54, 1.807) is 14.2 Å². The minimum Gasteiger partial charge on any atom is -0.493 e. The summed E-state index contributed by atoms with van der Waals surface area (Å²) in [6.07, 6.45) is 0.869. The van der Waals surface area contributed by atoms with Gasteiger partial charge in [0.05, 0.1) is 26.3 Å². The SMILES string of the molecule is COc1cc2c(cc1OC)CN(C(C)C(=O)NC(c1ccccc1)c1ccccc1)CC2. The fourth-order valence-corrected chi connectivity index (χ4v) is 4.31. The van der Waals surface area contributed by atoms with Crippen LogP contribution in [-0.2, 0) is 17.8 Å². The van der Waals surface area contributed by atoms with Crippen LogP contribution in [0.1, 0.15) is 35.2 Å². The molecule has 0 saturated carbocycles. The Labute approximate surface area is 190 Å². The minimum atomic E-state index is -0.258. The van der Waals surface area contributed by atoms with Crippen LogP contribution >= 0.6 is 0 Å². The Morgan fingerprint density at radius 1 is 0.875 bits per heavy atom. The summed E-state index contributed by atoms with van der Waals surface area (Å²) in [6.45, 7) is 3.50. The van der Waals surface area contributed by atoms with Crippen molar-refractivity contribution < 1.29 is 14.3 Å². The van der Waals surface area contributed by atoms with Crippen molar-refractivity contribution in [3.63, 3.8) is 0 Å². The van der Waals surface area contributed by atoms with Crippen molar-refractivity contribution in [3.8, 4) is 11.5 Å². The third kappa shape index (κ3) is 4.63. The number of nitrogens with zero attached hydrogens (tertiary/aromatic N) is 1. The quantitative estimate of drug-likeness (QED) is 0.605. The Balaban J connectivity index is 1.52. The van der Waals surface area contributed by atoms with E-state index in [0.717, 1.165) is 35.6 Å². The predicted octanol–water partition coefficient (Wildman–Crippen LogP) is 4.36. The van der Waals surface area contributed by atoms with Gasteiger partial charge in [-0.05, 0) is 47.7 Å². The first kappa shape index (κ1) is 21.9. The van der Waals surface area contributed by atoms with Gasteiger partial charge in [-0.2, -0.15) is 0 Å². The average Bonchev–Trinajstić information content (AvgIpc) is 2.86. The van der Waals surface area contributed by atoms with Crippen molar-refractivity contribution >= 4 is 5.91 Å². The molecule has 1 N–H and O–H groups in total. The number of ether oxygens (including phenoxy) is 2. The molecule has 0 bridgehead atoms. The lowest BCUT2D eigenvalue weighted by Gasteiger charge is -2.34. The van der Waals surface area contributed by atoms with E-state index in [0.29, 0.717) is 6.54 Å². The predicted molar refractivity (Wildman–Crippen MR) is 126 cm³/mol. The number of fused-ring (bicyclic) bond motifs is 1. The highest BCUT2D eigenvalue weighted by Crippen LogP contribution is 2.33. The second kappa shape index (κ2) is 9.88. The molecule has 5 heteroatoms. The fourth-order valence-electron chi connectivity index (χ4n) is 4.31. The Morgan fingerprint density at radius 2 is 1.41 bits per heavy atom. The summed E-state index contributed by atoms with van der Waals surface area (Å²) in [6, 6.07) is 23.9. The summed E-state index contributed by atoms with van der Waals surface area (Å²) in [5.41, 5.74) is 4.56. The van der Waals surface area contributed by atoms with Gasteiger partial charge in [0.15, 0.2) is 11.5 Å². The maximum Gasteiger partial charge on any atom is 0.237 e. The topological polar surface area (TPSA) is 50.8 Å². The molecule has 166 valence electrons. The van der Waals surface area contributed by atoms with E-state index in [2.05, 4.69) is 40.5 Å². The minimum absolute atomic E-state index is 0.0200. The second-order valence-corrected chi connectivity index (χ2v) is 8.14. The van der Waals surface area contributed by atoms with Gasteiger partial charge < -0.3 is 14.8 Å². The van der Waals surface area contributed by atoms with Gasteiger partial charge in [-0.3, -0.25) is 9.69 Å². The zero-order valence-corrected chi connectivity index (χ0v) is 18.9. The Bertz CT molecular complexity index is 1010. The third-order valence-corrected chi connectivity index (χ3v) is 6.23. The zero-order valence-electron chi connectivity index (χ0n) is 18.9. The fraction of sp³-hybridized carbons (Fsp3) is 0.296. The van der Waals surface area contributed by atoms with E-state index < -0.39 is 0 Å². The summed E-state index contributed by atoms with van der Waals surface area (Å²) >= 11 is 0. The number of carbonyl (C=O) groups is 1. The van der Waals surface area contributed by atoms with Crippen LogP contribution in [-0.4, -0.2) is 37.6 Å². The van der Waals surface area contributed by atoms with Crippen molar-refractivity contribution in [2.24, 2.45) is 0 Å². The standard InChI is InChI=1S/C27H30N2O3/c1-19(29-15-14-22-16-24(31-2)25(32-3)17-23(22)18-29)27(30)28-26(20-10-6-4-7-11-20)21-12-8-5-9-13-21/h4-13,16-17,19,26H,14-15,18H2,1-3H3,(H,28,30). The van der Waals surface area contributed by atoms with E-state index in [1.807, 2.05) is 49.4 Å². The molecule has 1 atom stereocenters. The molecule has 5 nitrogen and oxygen atoms in total. The molecule has 1 unspecified atom stereocenters. The Kier molecular flexibility index (Phi) is 6.76. The molecule has 1 aliphatic heterocycles. The smallest absolute Gasteiger partial charge is 0.237 e. The maximum absolute atomic E-state index is 13.3. The number of methoxy groups -OCH3 is 2. The van der Waals surface area contributed by atoms with Crippen LogP contribution < -0.4 is 14.8 Å².